The van der Waals surface area contributed by atoms with Gasteiger partial charge in [0.1, 0.15) is 0 Å². The van der Waals surface area contributed by atoms with E-state index in [4.69, 9.17) is 0 Å². The van der Waals surface area contributed by atoms with Gasteiger partial charge in [-0.25, -0.2) is 0 Å². The normalized spacial score (nSPS) is 28.8. The highest BCUT2D eigenvalue weighted by atomic mass is 32.2. The van der Waals surface area contributed by atoms with Crippen molar-refractivity contribution in [3.8, 4) is 0 Å². The summed E-state index contributed by atoms with van der Waals surface area (Å²) in [5.74, 6) is 0. The van der Waals surface area contributed by atoms with E-state index in [1.807, 2.05) is 0 Å². The first-order valence-corrected chi connectivity index (χ1v) is 5.21. The zero-order valence-corrected chi connectivity index (χ0v) is 7.69. The first-order valence-electron chi connectivity index (χ1n) is 2.20. The Balaban J connectivity index is 2.32. The third-order valence-corrected chi connectivity index (χ3v) is 3.68. The minimum absolute atomic E-state index is 0.865. The molecule has 0 aliphatic carbocycles. The van der Waals surface area contributed by atoms with Gasteiger partial charge >= 0.3 is 0 Å². The first kappa shape index (κ1) is 6.77. The lowest BCUT2D eigenvalue weighted by Crippen LogP contribution is -1.67. The lowest BCUT2D eigenvalue weighted by Gasteiger charge is -1.87. The fourth-order valence-electron chi connectivity index (χ4n) is 0.401. The van der Waals surface area contributed by atoms with Crippen LogP contribution in [0.4, 0.5) is 0 Å². The number of hydrogen-bond acceptors (Lipinski definition) is 6. The second-order valence-corrected chi connectivity index (χ2v) is 4.31. The van der Waals surface area contributed by atoms with Crippen molar-refractivity contribution in [2.75, 3.05) is 0 Å². The molecule has 2 rings (SSSR count). The van der Waals surface area contributed by atoms with Crippen molar-refractivity contribution in [1.82, 2.24) is 0 Å². The van der Waals surface area contributed by atoms with E-state index >= 15 is 0 Å². The summed E-state index contributed by atoms with van der Waals surface area (Å²) in [6.45, 7) is 0. The minimum Gasteiger partial charge on any atom is -0.163 e. The smallest absolute Gasteiger partial charge is 0.163 e. The Morgan fingerprint density at radius 3 is 1.60 bits per heavy atom. The van der Waals surface area contributed by atoms with Crippen molar-refractivity contribution in [3.05, 3.63) is 10.1 Å². The van der Waals surface area contributed by atoms with Crippen LogP contribution in [-0.2, 0) is 22.7 Å². The molecule has 0 N–H and O–H groups in total. The maximum absolute atomic E-state index is 4.02. The highest BCUT2D eigenvalue weighted by Gasteiger charge is 2.11. The van der Waals surface area contributed by atoms with Crippen LogP contribution in [0.25, 0.3) is 0 Å². The van der Waals surface area contributed by atoms with E-state index in [-0.39, 0.29) is 0 Å². The summed E-state index contributed by atoms with van der Waals surface area (Å²) < 4.78 is 15.8. The molecule has 4 nitrogen and oxygen atoms in total. The number of nitrogens with zero attached hydrogens (tertiary/aromatic N) is 4. The number of rotatable bonds is 0. The van der Waals surface area contributed by atoms with Crippen LogP contribution in [0.1, 0.15) is 0 Å². The Hall–Kier alpha value is 0.0800. The molecule has 2 aliphatic rings. The zero-order valence-electron chi connectivity index (χ0n) is 4.42. The molecule has 0 aromatic carbocycles. The van der Waals surface area contributed by atoms with Gasteiger partial charge in [0.15, 0.2) is 10.1 Å². The van der Waals surface area contributed by atoms with Gasteiger partial charge in [0, 0.05) is 0 Å². The molecule has 0 aromatic heterocycles. The quantitative estimate of drug-likeness (QED) is 0.574. The van der Waals surface area contributed by atoms with Crippen LogP contribution in [0.2, 0.25) is 0 Å². The van der Waals surface area contributed by atoms with E-state index in [1.54, 1.807) is 0 Å². The highest BCUT2D eigenvalue weighted by Crippen LogP contribution is 2.34. The summed E-state index contributed by atoms with van der Waals surface area (Å²) in [7, 11) is 0. The van der Waals surface area contributed by atoms with Crippen molar-refractivity contribution in [3.63, 3.8) is 0 Å². The molecule has 0 aromatic rings. The van der Waals surface area contributed by atoms with Crippen LogP contribution in [0.5, 0.6) is 0 Å². The highest BCUT2D eigenvalue weighted by molar-refractivity contribution is 8.09. The van der Waals surface area contributed by atoms with Crippen LogP contribution in [0, 0.1) is 0 Å². The largest absolute Gasteiger partial charge is 0.169 e. The fraction of sp³-hybridized carbons (Fsp3) is 0. The van der Waals surface area contributed by atoms with E-state index in [0.717, 1.165) is 10.1 Å². The summed E-state index contributed by atoms with van der Waals surface area (Å²) in [6.07, 6.45) is 0. The van der Waals surface area contributed by atoms with E-state index in [0.29, 0.717) is 0 Å². The third-order valence-electron chi connectivity index (χ3n) is 0.745. The van der Waals surface area contributed by atoms with Crippen LogP contribution in [0.3, 0.4) is 0 Å². The van der Waals surface area contributed by atoms with Crippen LogP contribution >= 0.6 is 23.9 Å². The van der Waals surface area contributed by atoms with Gasteiger partial charge in [0.25, 0.3) is 0 Å². The molecule has 10 heavy (non-hydrogen) atoms. The van der Waals surface area contributed by atoms with E-state index in [9.17, 15) is 0 Å². The molecule has 8 heteroatoms. The van der Waals surface area contributed by atoms with Crippen LogP contribution in [-0.4, -0.2) is 0 Å². The molecule has 2 heterocycles. The Morgan fingerprint density at radius 2 is 1.30 bits per heavy atom. The predicted octanol–water partition coefficient (Wildman–Crippen LogP) is 2.34. The van der Waals surface area contributed by atoms with E-state index < -0.39 is 0 Å². The standard InChI is InChI=1S/C2N4S4/c3-1(7-5-9-3)2-4-10-6-8-2/b2-1+. The van der Waals surface area contributed by atoms with Gasteiger partial charge in [0.05, 0.1) is 46.6 Å². The summed E-state index contributed by atoms with van der Waals surface area (Å²) in [4.78, 5) is 0. The van der Waals surface area contributed by atoms with Crippen LogP contribution < -0.4 is 0 Å². The van der Waals surface area contributed by atoms with Gasteiger partial charge in [-0.2, -0.15) is 8.73 Å². The molecular weight excluding hydrogens is 208 g/mol. The molecule has 0 saturated carbocycles. The van der Waals surface area contributed by atoms with Gasteiger partial charge < -0.3 is 0 Å². The maximum Gasteiger partial charge on any atom is 0.169 e. The lowest BCUT2D eigenvalue weighted by molar-refractivity contribution is 1.48. The average molecular weight is 208 g/mol. The SMILES string of the molecule is N1=S=N/C(=C2/N=S=NS2)S1. The Bertz CT molecular complexity index is 284. The van der Waals surface area contributed by atoms with E-state index in [1.165, 1.54) is 46.6 Å². The van der Waals surface area contributed by atoms with Crippen LogP contribution in [0.15, 0.2) is 26.3 Å². The predicted molar refractivity (Wildman–Crippen MR) is 46.6 cm³/mol. The topological polar surface area (TPSA) is 49.4 Å². The minimum atomic E-state index is 0.865. The van der Waals surface area contributed by atoms with Gasteiger partial charge in [-0.1, -0.05) is 0 Å². The zero-order chi connectivity index (χ0) is 6.81. The summed E-state index contributed by atoms with van der Waals surface area (Å²) in [6, 6.07) is 0. The summed E-state index contributed by atoms with van der Waals surface area (Å²) in [5, 5.41) is 1.73. The van der Waals surface area contributed by atoms with Crippen molar-refractivity contribution >= 4 is 46.6 Å². The molecule has 0 radical (unpaired) electrons. The molecular formula is C2N4S4. The van der Waals surface area contributed by atoms with Crippen molar-refractivity contribution in [1.29, 1.82) is 0 Å². The van der Waals surface area contributed by atoms with Gasteiger partial charge in [-0.05, 0) is 0 Å². The molecule has 0 bridgehead atoms. The molecule has 0 amide bonds. The monoisotopic (exact) mass is 208 g/mol. The Morgan fingerprint density at radius 1 is 0.800 bits per heavy atom. The van der Waals surface area contributed by atoms with Crippen molar-refractivity contribution in [2.45, 2.75) is 0 Å². The maximum atomic E-state index is 4.02. The Kier molecular flexibility index (Phi) is 2.02. The van der Waals surface area contributed by atoms with Gasteiger partial charge in [-0.15, -0.1) is 7.54 Å². The second kappa shape index (κ2) is 2.99. The summed E-state index contributed by atoms with van der Waals surface area (Å²) >= 11 is 5.10. The van der Waals surface area contributed by atoms with E-state index in [2.05, 4.69) is 16.3 Å². The molecule has 0 saturated heterocycles. The second-order valence-electron chi connectivity index (χ2n) is 1.29. The molecule has 0 atom stereocenters. The number of hydrogen-bond donors (Lipinski definition) is 0. The van der Waals surface area contributed by atoms with Gasteiger partial charge in [0.2, 0.25) is 0 Å². The third kappa shape index (κ3) is 1.24. The van der Waals surface area contributed by atoms with Crippen molar-refractivity contribution in [2.24, 2.45) is 16.3 Å². The average Bonchev–Trinajstić information content (AvgIpc) is 2.59. The molecule has 0 fully saturated rings. The first-order chi connectivity index (χ1) is 4.97. The lowest BCUT2D eigenvalue weighted by atomic mass is 10.9. The van der Waals surface area contributed by atoms with Crippen molar-refractivity contribution < 1.29 is 0 Å². The molecule has 52 valence electrons. The molecule has 0 unspecified atom stereocenters. The molecule has 2 aliphatic heterocycles. The molecule has 0 spiro atoms. The fourth-order valence-corrected chi connectivity index (χ4v) is 2.87. The van der Waals surface area contributed by atoms with Gasteiger partial charge in [-0.3, -0.25) is 0 Å². The summed E-state index contributed by atoms with van der Waals surface area (Å²) in [5.41, 5.74) is 0. The Labute approximate surface area is 72.9 Å².